The summed E-state index contributed by atoms with van der Waals surface area (Å²) in [6, 6.07) is 10.5. The van der Waals surface area contributed by atoms with Crippen LogP contribution in [0.5, 0.6) is 0 Å². The summed E-state index contributed by atoms with van der Waals surface area (Å²) in [5.74, 6) is 0.866. The van der Waals surface area contributed by atoms with E-state index >= 15 is 0 Å². The molecular formula is C14H20N4S. The van der Waals surface area contributed by atoms with E-state index in [1.807, 2.05) is 34.9 Å². The highest BCUT2D eigenvalue weighted by Gasteiger charge is 2.18. The maximum absolute atomic E-state index is 5.35. The molecule has 0 radical (unpaired) electrons. The number of anilines is 1. The highest BCUT2D eigenvalue weighted by atomic mass is 32.1. The summed E-state index contributed by atoms with van der Waals surface area (Å²) >= 11 is 5.35. The third-order valence-corrected chi connectivity index (χ3v) is 3.75. The lowest BCUT2D eigenvalue weighted by Crippen LogP contribution is -2.32. The van der Waals surface area contributed by atoms with Crippen molar-refractivity contribution in [3.05, 3.63) is 35.1 Å². The van der Waals surface area contributed by atoms with E-state index in [9.17, 15) is 0 Å². The highest BCUT2D eigenvalue weighted by molar-refractivity contribution is 7.71. The number of hydrogen-bond donors (Lipinski definition) is 1. The largest absolute Gasteiger partial charge is 0.341 e. The van der Waals surface area contributed by atoms with E-state index in [4.69, 9.17) is 12.2 Å². The van der Waals surface area contributed by atoms with Gasteiger partial charge in [0, 0.05) is 13.1 Å². The van der Waals surface area contributed by atoms with Crippen LogP contribution in [0, 0.1) is 4.77 Å². The van der Waals surface area contributed by atoms with Crippen molar-refractivity contribution in [1.82, 2.24) is 14.8 Å². The number of benzene rings is 1. The Morgan fingerprint density at radius 1 is 1.26 bits per heavy atom. The predicted octanol–water partition coefficient (Wildman–Crippen LogP) is 3.55. The summed E-state index contributed by atoms with van der Waals surface area (Å²) < 4.78 is 2.60. The molecule has 1 aromatic heterocycles. The van der Waals surface area contributed by atoms with Gasteiger partial charge in [-0.1, -0.05) is 32.0 Å². The molecule has 2 aromatic rings. The Hall–Kier alpha value is -1.62. The second kappa shape index (κ2) is 6.02. The van der Waals surface area contributed by atoms with Gasteiger partial charge in [0.05, 0.1) is 5.69 Å². The fourth-order valence-corrected chi connectivity index (χ4v) is 2.57. The predicted molar refractivity (Wildman–Crippen MR) is 81.5 cm³/mol. The van der Waals surface area contributed by atoms with E-state index < -0.39 is 0 Å². The van der Waals surface area contributed by atoms with Crippen LogP contribution in [0.2, 0.25) is 0 Å². The van der Waals surface area contributed by atoms with E-state index in [1.165, 1.54) is 0 Å². The molecule has 0 aliphatic rings. The standard InChI is InChI=1S/C14H20N4S/c1-4-11(5-2)17(3)13-15-16-14(19)18(13)12-9-7-6-8-10-12/h6-11H,4-5H2,1-3H3,(H,16,19). The van der Waals surface area contributed by atoms with E-state index in [1.54, 1.807) is 0 Å². The summed E-state index contributed by atoms with van der Waals surface area (Å²) in [7, 11) is 2.07. The summed E-state index contributed by atoms with van der Waals surface area (Å²) in [4.78, 5) is 2.19. The van der Waals surface area contributed by atoms with Crippen molar-refractivity contribution < 1.29 is 0 Å². The van der Waals surface area contributed by atoms with Gasteiger partial charge in [-0.05, 0) is 37.2 Å². The smallest absolute Gasteiger partial charge is 0.230 e. The SMILES string of the molecule is CCC(CC)N(C)c1n[nH]c(=S)n1-c1ccccc1. The topological polar surface area (TPSA) is 36.9 Å². The molecule has 0 aliphatic heterocycles. The van der Waals surface area contributed by atoms with Crippen LogP contribution in [0.15, 0.2) is 30.3 Å². The number of aromatic amines is 1. The van der Waals surface area contributed by atoms with Gasteiger partial charge >= 0.3 is 0 Å². The molecule has 1 N–H and O–H groups in total. The van der Waals surface area contributed by atoms with Crippen molar-refractivity contribution >= 4 is 18.2 Å². The lowest BCUT2D eigenvalue weighted by atomic mass is 10.1. The molecule has 1 heterocycles. The summed E-state index contributed by atoms with van der Waals surface area (Å²) in [6.45, 7) is 4.39. The molecule has 0 spiro atoms. The second-order valence-corrected chi connectivity index (χ2v) is 4.97. The summed E-state index contributed by atoms with van der Waals surface area (Å²) in [5, 5.41) is 7.27. The number of nitrogens with zero attached hydrogens (tertiary/aromatic N) is 3. The maximum atomic E-state index is 5.35. The van der Waals surface area contributed by atoms with Gasteiger partial charge in [-0.25, -0.2) is 5.10 Å². The monoisotopic (exact) mass is 276 g/mol. The van der Waals surface area contributed by atoms with Crippen molar-refractivity contribution in [2.45, 2.75) is 32.7 Å². The van der Waals surface area contributed by atoms with E-state index in [2.05, 4.69) is 36.0 Å². The molecule has 0 aliphatic carbocycles. The summed E-state index contributed by atoms with van der Waals surface area (Å²) in [5.41, 5.74) is 1.04. The van der Waals surface area contributed by atoms with Gasteiger partial charge in [0.2, 0.25) is 10.7 Å². The second-order valence-electron chi connectivity index (χ2n) is 4.58. The first-order valence-electron chi connectivity index (χ1n) is 6.64. The molecule has 19 heavy (non-hydrogen) atoms. The molecule has 0 saturated carbocycles. The van der Waals surface area contributed by atoms with Crippen LogP contribution in [0.1, 0.15) is 26.7 Å². The first kappa shape index (κ1) is 13.8. The fraction of sp³-hybridized carbons (Fsp3) is 0.429. The molecule has 0 atom stereocenters. The Bertz CT molecular complexity index is 569. The molecule has 2 rings (SSSR count). The quantitative estimate of drug-likeness (QED) is 0.848. The maximum Gasteiger partial charge on any atom is 0.230 e. The van der Waals surface area contributed by atoms with E-state index in [0.29, 0.717) is 10.8 Å². The average Bonchev–Trinajstić information content (AvgIpc) is 2.83. The van der Waals surface area contributed by atoms with Gasteiger partial charge < -0.3 is 4.90 Å². The van der Waals surface area contributed by atoms with Crippen LogP contribution in [0.3, 0.4) is 0 Å². The van der Waals surface area contributed by atoms with Crippen LogP contribution in [-0.4, -0.2) is 27.9 Å². The van der Waals surface area contributed by atoms with Gasteiger partial charge in [0.25, 0.3) is 0 Å². The lowest BCUT2D eigenvalue weighted by molar-refractivity contribution is 0.577. The molecular weight excluding hydrogens is 256 g/mol. The Morgan fingerprint density at radius 3 is 2.47 bits per heavy atom. The van der Waals surface area contributed by atoms with Crippen LogP contribution < -0.4 is 4.90 Å². The van der Waals surface area contributed by atoms with Crippen molar-refractivity contribution in [2.75, 3.05) is 11.9 Å². The minimum absolute atomic E-state index is 0.465. The normalized spacial score (nSPS) is 10.9. The molecule has 0 saturated heterocycles. The molecule has 0 amide bonds. The zero-order valence-corrected chi connectivity index (χ0v) is 12.4. The number of hydrogen-bond acceptors (Lipinski definition) is 3. The van der Waals surface area contributed by atoms with Crippen LogP contribution >= 0.6 is 12.2 Å². The minimum Gasteiger partial charge on any atom is -0.341 e. The first-order chi connectivity index (χ1) is 9.19. The zero-order valence-electron chi connectivity index (χ0n) is 11.6. The first-order valence-corrected chi connectivity index (χ1v) is 7.05. The third kappa shape index (κ3) is 2.71. The van der Waals surface area contributed by atoms with Crippen molar-refractivity contribution in [3.63, 3.8) is 0 Å². The number of nitrogens with one attached hydrogen (secondary N) is 1. The van der Waals surface area contributed by atoms with Gasteiger partial charge in [-0.3, -0.25) is 4.57 Å². The van der Waals surface area contributed by atoms with Crippen molar-refractivity contribution in [2.24, 2.45) is 0 Å². The third-order valence-electron chi connectivity index (χ3n) is 3.47. The highest BCUT2D eigenvalue weighted by Crippen LogP contribution is 2.20. The molecule has 4 nitrogen and oxygen atoms in total. The molecule has 102 valence electrons. The Balaban J connectivity index is 2.46. The van der Waals surface area contributed by atoms with Gasteiger partial charge in [-0.15, -0.1) is 5.10 Å². The Kier molecular flexibility index (Phi) is 4.37. The number of aromatic nitrogens is 3. The number of H-pyrrole nitrogens is 1. The lowest BCUT2D eigenvalue weighted by Gasteiger charge is -2.27. The van der Waals surface area contributed by atoms with Crippen molar-refractivity contribution in [3.8, 4) is 5.69 Å². The fourth-order valence-electron chi connectivity index (χ4n) is 2.33. The molecule has 0 bridgehead atoms. The van der Waals surface area contributed by atoms with Gasteiger partial charge in [0.15, 0.2) is 0 Å². The Morgan fingerprint density at radius 2 is 1.89 bits per heavy atom. The molecule has 5 heteroatoms. The number of rotatable bonds is 5. The van der Waals surface area contributed by atoms with Crippen LogP contribution in [-0.2, 0) is 0 Å². The minimum atomic E-state index is 0.465. The van der Waals surface area contributed by atoms with Crippen LogP contribution in [0.25, 0.3) is 5.69 Å². The van der Waals surface area contributed by atoms with Crippen LogP contribution in [0.4, 0.5) is 5.95 Å². The molecule has 0 fully saturated rings. The Labute approximate surface area is 119 Å². The molecule has 0 unspecified atom stereocenters. The van der Waals surface area contributed by atoms with E-state index in [-0.39, 0.29) is 0 Å². The summed E-state index contributed by atoms with van der Waals surface area (Å²) in [6.07, 6.45) is 2.17. The van der Waals surface area contributed by atoms with E-state index in [0.717, 1.165) is 24.5 Å². The number of para-hydroxylation sites is 1. The zero-order chi connectivity index (χ0) is 13.8. The molecule has 1 aromatic carbocycles. The van der Waals surface area contributed by atoms with Crippen molar-refractivity contribution in [1.29, 1.82) is 0 Å². The van der Waals surface area contributed by atoms with Gasteiger partial charge in [0.1, 0.15) is 0 Å². The average molecular weight is 276 g/mol. The van der Waals surface area contributed by atoms with Gasteiger partial charge in [-0.2, -0.15) is 0 Å².